The van der Waals surface area contributed by atoms with E-state index in [9.17, 15) is 23.1 Å². The number of nitrogens with one attached hydrogen (secondary N) is 1. The number of aliphatic hydroxyl groups is 1. The smallest absolute Gasteiger partial charge is 0.374 e. The van der Waals surface area contributed by atoms with E-state index in [0.29, 0.717) is 17.0 Å². The van der Waals surface area contributed by atoms with Gasteiger partial charge in [0.2, 0.25) is 11.5 Å². The summed E-state index contributed by atoms with van der Waals surface area (Å²) >= 11 is 1.79. The highest BCUT2D eigenvalue weighted by Crippen LogP contribution is 2.43. The topological polar surface area (TPSA) is 75.1 Å². The molecule has 1 atom stereocenters. The lowest BCUT2D eigenvalue weighted by molar-refractivity contribution is -0.266. The predicted molar refractivity (Wildman–Crippen MR) is 76.9 cm³/mol. The minimum atomic E-state index is -5.02. The second-order valence-corrected chi connectivity index (χ2v) is 6.75. The molecule has 0 saturated carbocycles. The Morgan fingerprint density at radius 3 is 2.55 bits per heavy atom. The van der Waals surface area contributed by atoms with Crippen molar-refractivity contribution in [1.29, 1.82) is 0 Å². The molecule has 0 aliphatic heterocycles. The fourth-order valence-electron chi connectivity index (χ4n) is 1.65. The Hall–Kier alpha value is -1.52. The zero-order valence-electron chi connectivity index (χ0n) is 11.6. The molecular weight excluding hydrogens is 339 g/mol. The molecule has 0 radical (unpaired) electrons. The molecule has 0 aliphatic carbocycles. The van der Waals surface area contributed by atoms with Crippen LogP contribution in [0.5, 0.6) is 0 Å². The number of anilines is 1. The minimum absolute atomic E-state index is 0.183. The van der Waals surface area contributed by atoms with Crippen molar-refractivity contribution < 1.29 is 23.1 Å². The molecule has 1 amide bonds. The van der Waals surface area contributed by atoms with E-state index in [1.165, 1.54) is 18.5 Å². The van der Waals surface area contributed by atoms with Crippen molar-refractivity contribution in [3.05, 3.63) is 27.2 Å². The summed E-state index contributed by atoms with van der Waals surface area (Å²) in [4.78, 5) is 20.1. The van der Waals surface area contributed by atoms with Gasteiger partial charge in [-0.15, -0.1) is 22.7 Å². The number of aromatic nitrogens is 2. The molecule has 0 bridgehead atoms. The SMILES string of the molecule is Cc1csc([C@@](O)(CC(=O)Nc2ncc(C)s2)C(F)(F)F)n1. The van der Waals surface area contributed by atoms with Crippen molar-refractivity contribution in [3.63, 3.8) is 0 Å². The molecular formula is C12H12F3N3O2S2. The normalized spacial score (nSPS) is 14.6. The summed E-state index contributed by atoms with van der Waals surface area (Å²) in [5.74, 6) is -0.984. The predicted octanol–water partition coefficient (Wildman–Crippen LogP) is 3.00. The van der Waals surface area contributed by atoms with Gasteiger partial charge in [0.05, 0.1) is 6.42 Å². The number of rotatable bonds is 4. The first-order valence-electron chi connectivity index (χ1n) is 6.06. The standard InChI is InChI=1S/C12H12F3N3O2S2/c1-6-5-21-9(17-6)11(20,12(13,14)15)3-8(19)18-10-16-4-7(2)22-10/h4-5,20H,3H2,1-2H3,(H,16,18,19)/t11-/m0/s1. The van der Waals surface area contributed by atoms with Crippen LogP contribution in [0.4, 0.5) is 18.3 Å². The molecule has 2 aromatic heterocycles. The maximum Gasteiger partial charge on any atom is 0.424 e. The quantitative estimate of drug-likeness (QED) is 0.888. The molecule has 0 aromatic carbocycles. The van der Waals surface area contributed by atoms with E-state index in [1.54, 1.807) is 6.92 Å². The molecule has 0 spiro atoms. The van der Waals surface area contributed by atoms with E-state index in [4.69, 9.17) is 0 Å². The van der Waals surface area contributed by atoms with Crippen LogP contribution in [0.2, 0.25) is 0 Å². The van der Waals surface area contributed by atoms with Crippen molar-refractivity contribution in [1.82, 2.24) is 9.97 Å². The highest BCUT2D eigenvalue weighted by Gasteiger charge is 2.58. The Bertz CT molecular complexity index is 683. The van der Waals surface area contributed by atoms with Crippen LogP contribution in [-0.4, -0.2) is 27.2 Å². The van der Waals surface area contributed by atoms with Gasteiger partial charge in [-0.1, -0.05) is 0 Å². The summed E-state index contributed by atoms with van der Waals surface area (Å²) in [6.45, 7) is 3.26. The molecule has 2 heterocycles. The number of hydrogen-bond acceptors (Lipinski definition) is 6. The molecule has 22 heavy (non-hydrogen) atoms. The zero-order valence-corrected chi connectivity index (χ0v) is 13.2. The Morgan fingerprint density at radius 1 is 1.41 bits per heavy atom. The van der Waals surface area contributed by atoms with Crippen LogP contribution in [-0.2, 0) is 10.4 Å². The maximum absolute atomic E-state index is 13.2. The number of thiazole rings is 2. The maximum atomic E-state index is 13.2. The number of nitrogens with zero attached hydrogens (tertiary/aromatic N) is 2. The highest BCUT2D eigenvalue weighted by molar-refractivity contribution is 7.15. The van der Waals surface area contributed by atoms with E-state index < -0.39 is 29.1 Å². The zero-order chi connectivity index (χ0) is 16.5. The first-order valence-corrected chi connectivity index (χ1v) is 7.75. The van der Waals surface area contributed by atoms with Crippen molar-refractivity contribution in [2.45, 2.75) is 32.0 Å². The fraction of sp³-hybridized carbons (Fsp3) is 0.417. The summed E-state index contributed by atoms with van der Waals surface area (Å²) in [5, 5.41) is 13.3. The molecule has 2 aromatic rings. The van der Waals surface area contributed by atoms with Crippen LogP contribution in [0.25, 0.3) is 0 Å². The van der Waals surface area contributed by atoms with Gasteiger partial charge in [-0.2, -0.15) is 13.2 Å². The summed E-state index contributed by atoms with van der Waals surface area (Å²) in [5.41, 5.74) is -2.97. The molecule has 0 fully saturated rings. The van der Waals surface area contributed by atoms with Gasteiger partial charge in [0, 0.05) is 22.1 Å². The number of carbonyl (C=O) groups is 1. The van der Waals surface area contributed by atoms with E-state index in [-0.39, 0.29) is 5.13 Å². The lowest BCUT2D eigenvalue weighted by Gasteiger charge is -2.27. The van der Waals surface area contributed by atoms with Crippen molar-refractivity contribution in [2.75, 3.05) is 5.32 Å². The van der Waals surface area contributed by atoms with Crippen molar-refractivity contribution >= 4 is 33.7 Å². The lowest BCUT2D eigenvalue weighted by Crippen LogP contribution is -2.45. The van der Waals surface area contributed by atoms with E-state index >= 15 is 0 Å². The molecule has 120 valence electrons. The molecule has 0 saturated heterocycles. The second kappa shape index (κ2) is 5.94. The van der Waals surface area contributed by atoms with Crippen LogP contribution >= 0.6 is 22.7 Å². The van der Waals surface area contributed by atoms with E-state index in [0.717, 1.165) is 16.2 Å². The van der Waals surface area contributed by atoms with E-state index in [2.05, 4.69) is 15.3 Å². The fourth-order valence-corrected chi connectivity index (χ4v) is 3.24. The van der Waals surface area contributed by atoms with Gasteiger partial charge in [-0.25, -0.2) is 9.97 Å². The number of halogens is 3. The van der Waals surface area contributed by atoms with Crippen molar-refractivity contribution in [3.8, 4) is 0 Å². The number of alkyl halides is 3. The van der Waals surface area contributed by atoms with Gasteiger partial charge in [0.25, 0.3) is 0 Å². The largest absolute Gasteiger partial charge is 0.424 e. The molecule has 0 unspecified atom stereocenters. The Kier molecular flexibility index (Phi) is 4.54. The van der Waals surface area contributed by atoms with Gasteiger partial charge in [-0.3, -0.25) is 4.79 Å². The van der Waals surface area contributed by atoms with Crippen LogP contribution < -0.4 is 5.32 Å². The number of aryl methyl sites for hydroxylation is 2. The first-order chi connectivity index (χ1) is 10.1. The minimum Gasteiger partial charge on any atom is -0.374 e. The molecule has 2 N–H and O–H groups in total. The molecule has 5 nitrogen and oxygen atoms in total. The summed E-state index contributed by atoms with van der Waals surface area (Å²) in [7, 11) is 0. The van der Waals surface area contributed by atoms with Crippen molar-refractivity contribution in [2.24, 2.45) is 0 Å². The summed E-state index contributed by atoms with van der Waals surface area (Å²) in [6, 6.07) is 0. The third-order valence-corrected chi connectivity index (χ3v) is 4.67. The summed E-state index contributed by atoms with van der Waals surface area (Å²) < 4.78 is 39.7. The Balaban J connectivity index is 2.22. The lowest BCUT2D eigenvalue weighted by atomic mass is 9.99. The average molecular weight is 351 g/mol. The van der Waals surface area contributed by atoms with Crippen LogP contribution in [0.3, 0.4) is 0 Å². The van der Waals surface area contributed by atoms with Gasteiger partial charge in [0.15, 0.2) is 5.13 Å². The summed E-state index contributed by atoms with van der Waals surface area (Å²) in [6.07, 6.45) is -4.71. The van der Waals surface area contributed by atoms with Gasteiger partial charge < -0.3 is 10.4 Å². The molecule has 2 rings (SSSR count). The van der Waals surface area contributed by atoms with Gasteiger partial charge in [0.1, 0.15) is 5.01 Å². The van der Waals surface area contributed by atoms with Gasteiger partial charge >= 0.3 is 6.18 Å². The molecule has 10 heteroatoms. The number of amides is 1. The average Bonchev–Trinajstić information content (AvgIpc) is 2.97. The van der Waals surface area contributed by atoms with Crippen LogP contribution in [0.15, 0.2) is 11.6 Å². The third kappa shape index (κ3) is 3.45. The molecule has 0 aliphatic rings. The Morgan fingerprint density at radius 2 is 2.09 bits per heavy atom. The number of hydrogen-bond donors (Lipinski definition) is 2. The van der Waals surface area contributed by atoms with Gasteiger partial charge in [-0.05, 0) is 13.8 Å². The van der Waals surface area contributed by atoms with Crippen LogP contribution in [0.1, 0.15) is 22.0 Å². The Labute approximate surface area is 131 Å². The monoisotopic (exact) mass is 351 g/mol. The third-order valence-electron chi connectivity index (χ3n) is 2.73. The van der Waals surface area contributed by atoms with Crippen LogP contribution in [0, 0.1) is 13.8 Å². The number of carbonyl (C=O) groups excluding carboxylic acids is 1. The first kappa shape index (κ1) is 16.8. The second-order valence-electron chi connectivity index (χ2n) is 4.65. The van der Waals surface area contributed by atoms with E-state index in [1.807, 2.05) is 0 Å². The highest BCUT2D eigenvalue weighted by atomic mass is 32.1.